The Morgan fingerprint density at radius 2 is 0.910 bits per heavy atom. The highest BCUT2D eigenvalue weighted by molar-refractivity contribution is 6.19. The number of para-hydroxylation sites is 4. The third kappa shape index (κ3) is 5.80. The maximum absolute atomic E-state index is 5.53. The Hall–Kier alpha value is -9.13. The Morgan fingerprint density at radius 1 is 0.328 bits per heavy atom. The van der Waals surface area contributed by atoms with Gasteiger partial charge >= 0.3 is 0 Å². The Bertz CT molecular complexity index is 4250. The monoisotopic (exact) mass is 854 g/mol. The van der Waals surface area contributed by atoms with Crippen molar-refractivity contribution in [1.82, 2.24) is 28.9 Å². The molecule has 0 spiro atoms. The Morgan fingerprint density at radius 3 is 1.70 bits per heavy atom. The van der Waals surface area contributed by atoms with Gasteiger partial charge in [-0.1, -0.05) is 152 Å². The molecule has 0 amide bonds. The summed E-state index contributed by atoms with van der Waals surface area (Å²) in [5, 5.41) is 14.1. The van der Waals surface area contributed by atoms with Crippen molar-refractivity contribution in [3.05, 3.63) is 231 Å². The molecule has 0 aliphatic carbocycles. The van der Waals surface area contributed by atoms with Crippen LogP contribution in [0.25, 0.3) is 127 Å². The van der Waals surface area contributed by atoms with Crippen molar-refractivity contribution in [2.24, 2.45) is 0 Å². The van der Waals surface area contributed by atoms with Crippen LogP contribution in [0, 0.1) is 0 Å². The highest BCUT2D eigenvalue weighted by Gasteiger charge is 2.22. The van der Waals surface area contributed by atoms with E-state index in [4.69, 9.17) is 15.1 Å². The van der Waals surface area contributed by atoms with Gasteiger partial charge in [0.15, 0.2) is 0 Å². The van der Waals surface area contributed by atoms with Gasteiger partial charge in [0.2, 0.25) is 5.95 Å². The zero-order chi connectivity index (χ0) is 44.0. The van der Waals surface area contributed by atoms with Crippen LogP contribution in [-0.2, 0) is 0 Å². The van der Waals surface area contributed by atoms with E-state index in [2.05, 4.69) is 228 Å². The van der Waals surface area contributed by atoms with Gasteiger partial charge in [-0.25, -0.2) is 14.6 Å². The lowest BCUT2D eigenvalue weighted by atomic mass is 9.96. The van der Waals surface area contributed by atoms with Crippen molar-refractivity contribution >= 4 is 76.2 Å². The van der Waals surface area contributed by atoms with Crippen LogP contribution in [0.4, 0.5) is 0 Å². The van der Waals surface area contributed by atoms with Crippen molar-refractivity contribution in [1.29, 1.82) is 0 Å². The van der Waals surface area contributed by atoms with Crippen LogP contribution in [-0.4, -0.2) is 28.9 Å². The summed E-state index contributed by atoms with van der Waals surface area (Å²) in [4.78, 5) is 10.9. The Kier molecular flexibility index (Phi) is 8.18. The molecule has 67 heavy (non-hydrogen) atoms. The van der Waals surface area contributed by atoms with Crippen LogP contribution in [0.1, 0.15) is 0 Å². The molecule has 0 aliphatic heterocycles. The number of rotatable bonds is 6. The summed E-state index contributed by atoms with van der Waals surface area (Å²) in [6.07, 6.45) is 1.99. The molecule has 0 aliphatic rings. The maximum atomic E-state index is 5.53. The number of benzene rings is 10. The molecule has 4 aromatic heterocycles. The predicted molar refractivity (Wildman–Crippen MR) is 277 cm³/mol. The van der Waals surface area contributed by atoms with Crippen LogP contribution < -0.4 is 0 Å². The molecule has 0 saturated carbocycles. The molecule has 0 fully saturated rings. The van der Waals surface area contributed by atoms with Crippen LogP contribution in [0.15, 0.2) is 231 Å². The summed E-state index contributed by atoms with van der Waals surface area (Å²) in [7, 11) is 0. The summed E-state index contributed by atoms with van der Waals surface area (Å²) >= 11 is 0. The van der Waals surface area contributed by atoms with Gasteiger partial charge in [-0.15, -0.1) is 0 Å². The molecule has 0 unspecified atom stereocenters. The minimum atomic E-state index is 0.606. The molecular weight excluding hydrogens is 817 g/mol. The van der Waals surface area contributed by atoms with Crippen molar-refractivity contribution in [3.8, 4) is 50.8 Å². The first-order valence-electron chi connectivity index (χ1n) is 22.7. The zero-order valence-corrected chi connectivity index (χ0v) is 36.1. The van der Waals surface area contributed by atoms with Gasteiger partial charge in [0.05, 0.1) is 50.7 Å². The molecule has 6 nitrogen and oxygen atoms in total. The maximum Gasteiger partial charge on any atom is 0.235 e. The molecule has 0 atom stereocenters. The fraction of sp³-hybridized carbons (Fsp3) is 0. The SMILES string of the molecule is c1ccc(-n2ncc3c2ccc2c4cc(-c5ccc6c(c5)c5ccccc5n6-c5ccccc5)ccc4n(-c4nc(-c5ccc(-c6cccc7ccccc67)cc5)c5ccccc5n4)c23)cc1. The van der Waals surface area contributed by atoms with Crippen LogP contribution in [0.5, 0.6) is 0 Å². The third-order valence-corrected chi connectivity index (χ3v) is 13.5. The molecule has 14 aromatic rings. The smallest absolute Gasteiger partial charge is 0.235 e. The van der Waals surface area contributed by atoms with E-state index in [1.54, 1.807) is 0 Å². The summed E-state index contributed by atoms with van der Waals surface area (Å²) in [5.74, 6) is 0.606. The molecule has 0 bridgehead atoms. The van der Waals surface area contributed by atoms with E-state index in [9.17, 15) is 0 Å². The molecule has 0 radical (unpaired) electrons. The first kappa shape index (κ1) is 37.3. The standard InChI is InChI=1S/C61H38N6/c1-3-16-44(17-4-1)65-55-25-12-10-21-48(55)51-36-42(30-33-56(51)65)43-31-34-57-52(37-43)49-32-35-58-53(38-62-67(58)45-18-5-2-6-19-45)60(49)66(57)61-63-54-24-11-9-22-50(54)59(64-61)41-28-26-40(27-29-41)47-23-13-15-39-14-7-8-20-46(39)47/h1-38H. The van der Waals surface area contributed by atoms with E-state index in [-0.39, 0.29) is 0 Å². The first-order chi connectivity index (χ1) is 33.2. The molecular formula is C61H38N6. The number of nitrogens with zero attached hydrogens (tertiary/aromatic N) is 6. The summed E-state index contributed by atoms with van der Waals surface area (Å²) in [5.41, 5.74) is 15.0. The van der Waals surface area contributed by atoms with E-state index >= 15 is 0 Å². The summed E-state index contributed by atoms with van der Waals surface area (Å²) < 4.78 is 6.64. The molecule has 312 valence electrons. The van der Waals surface area contributed by atoms with Gasteiger partial charge in [-0.2, -0.15) is 5.10 Å². The lowest BCUT2D eigenvalue weighted by Crippen LogP contribution is -2.03. The second kappa shape index (κ2) is 14.7. The minimum absolute atomic E-state index is 0.606. The molecule has 6 heteroatoms. The van der Waals surface area contributed by atoms with Crippen molar-refractivity contribution in [2.75, 3.05) is 0 Å². The highest BCUT2D eigenvalue weighted by atomic mass is 15.3. The third-order valence-electron chi connectivity index (χ3n) is 13.5. The van der Waals surface area contributed by atoms with Crippen LogP contribution in [0.3, 0.4) is 0 Å². The topological polar surface area (TPSA) is 53.5 Å². The molecule has 0 saturated heterocycles. The van der Waals surface area contributed by atoms with Gasteiger partial charge in [0.1, 0.15) is 0 Å². The quantitative estimate of drug-likeness (QED) is 0.167. The van der Waals surface area contributed by atoms with E-state index in [0.717, 1.165) is 82.9 Å². The van der Waals surface area contributed by atoms with Gasteiger partial charge in [-0.3, -0.25) is 4.57 Å². The van der Waals surface area contributed by atoms with Gasteiger partial charge < -0.3 is 4.57 Å². The van der Waals surface area contributed by atoms with E-state index < -0.39 is 0 Å². The summed E-state index contributed by atoms with van der Waals surface area (Å²) in [6.45, 7) is 0. The number of aromatic nitrogens is 6. The normalized spacial score (nSPS) is 11.9. The van der Waals surface area contributed by atoms with Crippen molar-refractivity contribution in [2.45, 2.75) is 0 Å². The Balaban J connectivity index is 0.982. The van der Waals surface area contributed by atoms with Crippen LogP contribution >= 0.6 is 0 Å². The highest BCUT2D eigenvalue weighted by Crippen LogP contribution is 2.41. The van der Waals surface area contributed by atoms with Crippen molar-refractivity contribution < 1.29 is 0 Å². The fourth-order valence-electron chi connectivity index (χ4n) is 10.5. The Labute approximate surface area is 384 Å². The minimum Gasteiger partial charge on any atom is -0.309 e. The first-order valence-corrected chi connectivity index (χ1v) is 22.7. The second-order valence-corrected chi connectivity index (χ2v) is 17.3. The summed E-state index contributed by atoms with van der Waals surface area (Å²) in [6, 6.07) is 80.0. The van der Waals surface area contributed by atoms with Gasteiger partial charge in [0.25, 0.3) is 0 Å². The van der Waals surface area contributed by atoms with Crippen molar-refractivity contribution in [3.63, 3.8) is 0 Å². The molecule has 10 aromatic carbocycles. The number of fused-ring (bicyclic) bond motifs is 10. The lowest BCUT2D eigenvalue weighted by Gasteiger charge is -2.13. The van der Waals surface area contributed by atoms with E-state index in [0.29, 0.717) is 5.95 Å². The van der Waals surface area contributed by atoms with Gasteiger partial charge in [-0.05, 0) is 106 Å². The largest absolute Gasteiger partial charge is 0.309 e. The molecule has 14 rings (SSSR count). The fourth-order valence-corrected chi connectivity index (χ4v) is 10.5. The van der Waals surface area contributed by atoms with Gasteiger partial charge in [0, 0.05) is 43.6 Å². The van der Waals surface area contributed by atoms with Crippen LogP contribution in [0.2, 0.25) is 0 Å². The van der Waals surface area contributed by atoms with E-state index in [1.807, 2.05) is 16.9 Å². The zero-order valence-electron chi connectivity index (χ0n) is 36.1. The predicted octanol–water partition coefficient (Wildman–Crippen LogP) is 15.3. The lowest BCUT2D eigenvalue weighted by molar-refractivity contribution is 0.911. The van der Waals surface area contributed by atoms with E-state index in [1.165, 1.54) is 38.1 Å². The average molecular weight is 855 g/mol. The number of hydrogen-bond acceptors (Lipinski definition) is 3. The number of hydrogen-bond donors (Lipinski definition) is 0. The molecule has 4 heterocycles. The molecule has 0 N–H and O–H groups in total. The second-order valence-electron chi connectivity index (χ2n) is 17.3. The average Bonchev–Trinajstić information content (AvgIpc) is 4.09.